The first-order chi connectivity index (χ1) is 8.58. The predicted molar refractivity (Wildman–Crippen MR) is 79.8 cm³/mol. The Labute approximate surface area is 106 Å². The van der Waals surface area contributed by atoms with E-state index in [2.05, 4.69) is 50.2 Å². The molecule has 0 bridgehead atoms. The summed E-state index contributed by atoms with van der Waals surface area (Å²) in [5, 5.41) is 4.43. The fraction of sp³-hybridized carbons (Fsp3) is 0.125. The molecule has 90 valence electrons. The van der Waals surface area contributed by atoms with Crippen molar-refractivity contribution in [2.45, 2.75) is 13.8 Å². The number of nitrogens with two attached hydrogens (primary N) is 2. The molecule has 0 fully saturated rings. The lowest BCUT2D eigenvalue weighted by atomic mass is 9.96. The third-order valence-corrected chi connectivity index (χ3v) is 3.51. The molecule has 0 aliphatic rings. The third-order valence-electron chi connectivity index (χ3n) is 3.51. The van der Waals surface area contributed by atoms with Gasteiger partial charge in [-0.25, -0.2) is 0 Å². The van der Waals surface area contributed by atoms with Crippen LogP contribution in [-0.4, -0.2) is 0 Å². The van der Waals surface area contributed by atoms with Gasteiger partial charge in [0.1, 0.15) is 0 Å². The SMILES string of the molecule is Cc1ccc2c(c1)c(N)c(N)c1cc(C)ccc12. The van der Waals surface area contributed by atoms with Crippen LogP contribution >= 0.6 is 0 Å². The summed E-state index contributed by atoms with van der Waals surface area (Å²) in [6.07, 6.45) is 0. The van der Waals surface area contributed by atoms with Gasteiger partial charge in [-0.15, -0.1) is 0 Å². The molecule has 0 aromatic heterocycles. The largest absolute Gasteiger partial charge is 0.397 e. The average Bonchev–Trinajstić information content (AvgIpc) is 2.36. The van der Waals surface area contributed by atoms with Crippen LogP contribution < -0.4 is 11.5 Å². The Morgan fingerprint density at radius 3 is 1.39 bits per heavy atom. The van der Waals surface area contributed by atoms with Gasteiger partial charge in [-0.3, -0.25) is 0 Å². The molecule has 0 unspecified atom stereocenters. The van der Waals surface area contributed by atoms with Crippen LogP contribution in [0.5, 0.6) is 0 Å². The van der Waals surface area contributed by atoms with Crippen LogP contribution in [0.2, 0.25) is 0 Å². The molecular formula is C16H16N2. The maximum atomic E-state index is 6.18. The van der Waals surface area contributed by atoms with E-state index in [-0.39, 0.29) is 0 Å². The minimum Gasteiger partial charge on any atom is -0.397 e. The quantitative estimate of drug-likeness (QED) is 0.354. The van der Waals surface area contributed by atoms with Gasteiger partial charge >= 0.3 is 0 Å². The van der Waals surface area contributed by atoms with Crippen molar-refractivity contribution >= 4 is 32.9 Å². The van der Waals surface area contributed by atoms with Crippen molar-refractivity contribution in [3.8, 4) is 0 Å². The highest BCUT2D eigenvalue weighted by atomic mass is 14.7. The fourth-order valence-corrected chi connectivity index (χ4v) is 2.52. The molecule has 2 nitrogen and oxygen atoms in total. The zero-order chi connectivity index (χ0) is 12.9. The molecule has 0 radical (unpaired) electrons. The Balaban J connectivity index is 2.62. The van der Waals surface area contributed by atoms with Gasteiger partial charge < -0.3 is 11.5 Å². The standard InChI is InChI=1S/C16H16N2/c1-9-3-5-11-12-6-4-10(2)8-14(12)16(18)15(17)13(11)7-9/h3-8H,17-18H2,1-2H3. The van der Waals surface area contributed by atoms with Gasteiger partial charge in [0.2, 0.25) is 0 Å². The van der Waals surface area contributed by atoms with E-state index < -0.39 is 0 Å². The van der Waals surface area contributed by atoms with E-state index >= 15 is 0 Å². The van der Waals surface area contributed by atoms with E-state index in [1.165, 1.54) is 21.9 Å². The van der Waals surface area contributed by atoms with Crippen molar-refractivity contribution in [1.29, 1.82) is 0 Å². The van der Waals surface area contributed by atoms with Gasteiger partial charge in [-0.2, -0.15) is 0 Å². The Hall–Kier alpha value is -2.22. The first-order valence-corrected chi connectivity index (χ1v) is 6.05. The highest BCUT2D eigenvalue weighted by Gasteiger charge is 2.09. The average molecular weight is 236 g/mol. The number of fused-ring (bicyclic) bond motifs is 3. The van der Waals surface area contributed by atoms with E-state index in [0.29, 0.717) is 11.4 Å². The van der Waals surface area contributed by atoms with Crippen LogP contribution in [0.15, 0.2) is 36.4 Å². The first kappa shape index (κ1) is 10.9. The molecule has 2 heteroatoms. The number of nitrogen functional groups attached to an aromatic ring is 2. The molecule has 4 N–H and O–H groups in total. The van der Waals surface area contributed by atoms with Crippen LogP contribution in [0.25, 0.3) is 21.5 Å². The summed E-state index contributed by atoms with van der Waals surface area (Å²) in [7, 11) is 0. The van der Waals surface area contributed by atoms with Crippen molar-refractivity contribution in [2.75, 3.05) is 11.5 Å². The Morgan fingerprint density at radius 1 is 0.611 bits per heavy atom. The monoisotopic (exact) mass is 236 g/mol. The molecule has 0 atom stereocenters. The van der Waals surface area contributed by atoms with Crippen LogP contribution in [0, 0.1) is 13.8 Å². The lowest BCUT2D eigenvalue weighted by Crippen LogP contribution is -1.98. The lowest BCUT2D eigenvalue weighted by molar-refractivity contribution is 1.50. The first-order valence-electron chi connectivity index (χ1n) is 6.05. The summed E-state index contributed by atoms with van der Waals surface area (Å²) in [6.45, 7) is 4.13. The maximum absolute atomic E-state index is 6.18. The summed E-state index contributed by atoms with van der Waals surface area (Å²) in [5.41, 5.74) is 16.1. The van der Waals surface area contributed by atoms with Crippen molar-refractivity contribution in [3.63, 3.8) is 0 Å². The second kappa shape index (κ2) is 3.64. The topological polar surface area (TPSA) is 52.0 Å². The second-order valence-corrected chi connectivity index (χ2v) is 4.93. The molecule has 0 amide bonds. The Morgan fingerprint density at radius 2 is 1.00 bits per heavy atom. The van der Waals surface area contributed by atoms with Crippen molar-refractivity contribution < 1.29 is 0 Å². The van der Waals surface area contributed by atoms with Crippen LogP contribution in [0.4, 0.5) is 11.4 Å². The molecule has 18 heavy (non-hydrogen) atoms. The zero-order valence-corrected chi connectivity index (χ0v) is 10.6. The lowest BCUT2D eigenvalue weighted by Gasteiger charge is -2.12. The van der Waals surface area contributed by atoms with Gasteiger partial charge in [0.25, 0.3) is 0 Å². The van der Waals surface area contributed by atoms with Crippen LogP contribution in [0.1, 0.15) is 11.1 Å². The van der Waals surface area contributed by atoms with Crippen molar-refractivity contribution in [2.24, 2.45) is 0 Å². The van der Waals surface area contributed by atoms with Crippen LogP contribution in [0.3, 0.4) is 0 Å². The van der Waals surface area contributed by atoms with Crippen molar-refractivity contribution in [1.82, 2.24) is 0 Å². The predicted octanol–water partition coefficient (Wildman–Crippen LogP) is 3.77. The second-order valence-electron chi connectivity index (χ2n) is 4.93. The molecule has 3 aromatic carbocycles. The van der Waals surface area contributed by atoms with Gasteiger partial charge in [0, 0.05) is 10.8 Å². The molecular weight excluding hydrogens is 220 g/mol. The zero-order valence-electron chi connectivity index (χ0n) is 10.6. The van der Waals surface area contributed by atoms with Crippen molar-refractivity contribution in [3.05, 3.63) is 47.5 Å². The molecule has 0 saturated carbocycles. The fourth-order valence-electron chi connectivity index (χ4n) is 2.52. The van der Waals surface area contributed by atoms with E-state index in [4.69, 9.17) is 11.5 Å². The molecule has 0 saturated heterocycles. The van der Waals surface area contributed by atoms with E-state index in [0.717, 1.165) is 10.8 Å². The number of aryl methyl sites for hydroxylation is 2. The number of hydrogen-bond donors (Lipinski definition) is 2. The minimum atomic E-state index is 0.687. The van der Waals surface area contributed by atoms with E-state index in [1.54, 1.807) is 0 Å². The summed E-state index contributed by atoms with van der Waals surface area (Å²) in [4.78, 5) is 0. The van der Waals surface area contributed by atoms with Gasteiger partial charge in [-0.05, 0) is 36.8 Å². The van der Waals surface area contributed by atoms with E-state index in [1.807, 2.05) is 0 Å². The van der Waals surface area contributed by atoms with Gasteiger partial charge in [0.05, 0.1) is 11.4 Å². The maximum Gasteiger partial charge on any atom is 0.0634 e. The number of rotatable bonds is 0. The molecule has 0 aliphatic carbocycles. The number of benzene rings is 3. The highest BCUT2D eigenvalue weighted by molar-refractivity contribution is 6.19. The molecule has 3 rings (SSSR count). The molecule has 0 aliphatic heterocycles. The summed E-state index contributed by atoms with van der Waals surface area (Å²) in [5.74, 6) is 0. The van der Waals surface area contributed by atoms with Gasteiger partial charge in [0.15, 0.2) is 0 Å². The van der Waals surface area contributed by atoms with Crippen LogP contribution in [-0.2, 0) is 0 Å². The Kier molecular flexibility index (Phi) is 2.20. The normalized spacial score (nSPS) is 11.2. The van der Waals surface area contributed by atoms with E-state index in [9.17, 15) is 0 Å². The minimum absolute atomic E-state index is 0.687. The van der Waals surface area contributed by atoms with Gasteiger partial charge in [-0.1, -0.05) is 35.4 Å². The highest BCUT2D eigenvalue weighted by Crippen LogP contribution is 2.37. The smallest absolute Gasteiger partial charge is 0.0634 e. The summed E-state index contributed by atoms with van der Waals surface area (Å²) >= 11 is 0. The summed E-state index contributed by atoms with van der Waals surface area (Å²) in [6, 6.07) is 12.7. The molecule has 0 heterocycles. The summed E-state index contributed by atoms with van der Waals surface area (Å²) < 4.78 is 0. The third kappa shape index (κ3) is 1.42. The molecule has 0 spiro atoms. The molecule has 3 aromatic rings. The Bertz CT molecular complexity index is 706. The number of anilines is 2. The number of hydrogen-bond acceptors (Lipinski definition) is 2.